The van der Waals surface area contributed by atoms with E-state index in [2.05, 4.69) is 10.1 Å². The fourth-order valence-electron chi connectivity index (χ4n) is 2.00. The normalized spacial score (nSPS) is 10.8. The van der Waals surface area contributed by atoms with E-state index in [1.807, 2.05) is 58.2 Å². The van der Waals surface area contributed by atoms with Gasteiger partial charge in [-0.1, -0.05) is 18.2 Å². The molecular formula is C14H14N4O. The molecule has 0 aliphatic rings. The van der Waals surface area contributed by atoms with E-state index < -0.39 is 0 Å². The molecule has 19 heavy (non-hydrogen) atoms. The molecule has 5 heteroatoms. The number of nitrogens with zero attached hydrogens (tertiary/aromatic N) is 4. The summed E-state index contributed by atoms with van der Waals surface area (Å²) in [4.78, 5) is 4.08. The Morgan fingerprint density at radius 1 is 1.16 bits per heavy atom. The molecule has 0 fully saturated rings. The van der Waals surface area contributed by atoms with Crippen LogP contribution in [0.3, 0.4) is 0 Å². The van der Waals surface area contributed by atoms with E-state index in [9.17, 15) is 0 Å². The van der Waals surface area contributed by atoms with E-state index in [-0.39, 0.29) is 6.61 Å². The molecule has 0 atom stereocenters. The molecule has 96 valence electrons. The van der Waals surface area contributed by atoms with Gasteiger partial charge in [0, 0.05) is 24.2 Å². The van der Waals surface area contributed by atoms with Gasteiger partial charge >= 0.3 is 0 Å². The van der Waals surface area contributed by atoms with Crippen LogP contribution in [0.2, 0.25) is 0 Å². The maximum atomic E-state index is 9.16. The van der Waals surface area contributed by atoms with Gasteiger partial charge in [-0.05, 0) is 12.1 Å². The number of rotatable bonds is 4. The van der Waals surface area contributed by atoms with Crippen molar-refractivity contribution in [1.29, 1.82) is 0 Å². The summed E-state index contributed by atoms with van der Waals surface area (Å²) in [6.45, 7) is 0.600. The summed E-state index contributed by atoms with van der Waals surface area (Å²) < 4.78 is 3.75. The second-order valence-corrected chi connectivity index (χ2v) is 4.26. The summed E-state index contributed by atoms with van der Waals surface area (Å²) in [5.41, 5.74) is 2.10. The SMILES string of the molecule is OCc1nccn1Cc1cnn(-c2ccccc2)c1. The summed E-state index contributed by atoms with van der Waals surface area (Å²) in [6, 6.07) is 9.96. The van der Waals surface area contributed by atoms with Crippen molar-refractivity contribution in [2.45, 2.75) is 13.2 Å². The van der Waals surface area contributed by atoms with Crippen molar-refractivity contribution < 1.29 is 5.11 Å². The first-order valence-corrected chi connectivity index (χ1v) is 6.06. The molecule has 2 aromatic heterocycles. The second kappa shape index (κ2) is 5.07. The molecule has 5 nitrogen and oxygen atoms in total. The lowest BCUT2D eigenvalue weighted by Crippen LogP contribution is -2.03. The highest BCUT2D eigenvalue weighted by molar-refractivity contribution is 5.30. The lowest BCUT2D eigenvalue weighted by molar-refractivity contribution is 0.266. The van der Waals surface area contributed by atoms with E-state index in [1.165, 1.54) is 0 Å². The van der Waals surface area contributed by atoms with E-state index >= 15 is 0 Å². The predicted octanol–water partition coefficient (Wildman–Crippen LogP) is 1.61. The third kappa shape index (κ3) is 2.41. The monoisotopic (exact) mass is 254 g/mol. The van der Waals surface area contributed by atoms with Crippen LogP contribution in [0.15, 0.2) is 55.1 Å². The Balaban J connectivity index is 1.82. The van der Waals surface area contributed by atoms with Crippen molar-refractivity contribution >= 4 is 0 Å². The molecule has 0 saturated carbocycles. The fraction of sp³-hybridized carbons (Fsp3) is 0.143. The average Bonchev–Trinajstić information content (AvgIpc) is 3.09. The van der Waals surface area contributed by atoms with Gasteiger partial charge in [0.25, 0.3) is 0 Å². The Hall–Kier alpha value is -2.40. The lowest BCUT2D eigenvalue weighted by Gasteiger charge is -2.03. The smallest absolute Gasteiger partial charge is 0.134 e. The highest BCUT2D eigenvalue weighted by Crippen LogP contribution is 2.09. The van der Waals surface area contributed by atoms with Crippen molar-refractivity contribution in [3.8, 4) is 5.69 Å². The molecular weight excluding hydrogens is 240 g/mol. The van der Waals surface area contributed by atoms with Crippen LogP contribution in [0.5, 0.6) is 0 Å². The molecule has 1 N–H and O–H groups in total. The maximum absolute atomic E-state index is 9.16. The minimum absolute atomic E-state index is 0.0557. The number of imidazole rings is 1. The number of para-hydroxylation sites is 1. The Kier molecular flexibility index (Phi) is 3.12. The minimum atomic E-state index is -0.0557. The first kappa shape index (κ1) is 11.7. The molecule has 3 aromatic rings. The zero-order valence-corrected chi connectivity index (χ0v) is 10.3. The summed E-state index contributed by atoms with van der Waals surface area (Å²) >= 11 is 0. The number of aliphatic hydroxyl groups is 1. The molecule has 0 bridgehead atoms. The van der Waals surface area contributed by atoms with Gasteiger partial charge in [-0.25, -0.2) is 9.67 Å². The number of benzene rings is 1. The zero-order valence-electron chi connectivity index (χ0n) is 10.3. The molecule has 0 unspecified atom stereocenters. The van der Waals surface area contributed by atoms with Crippen molar-refractivity contribution in [2.24, 2.45) is 0 Å². The van der Waals surface area contributed by atoms with E-state index in [0.29, 0.717) is 12.4 Å². The second-order valence-electron chi connectivity index (χ2n) is 4.26. The third-order valence-corrected chi connectivity index (χ3v) is 2.95. The highest BCUT2D eigenvalue weighted by atomic mass is 16.3. The summed E-state index contributed by atoms with van der Waals surface area (Å²) in [6.07, 6.45) is 7.35. The lowest BCUT2D eigenvalue weighted by atomic mass is 10.3. The first-order valence-electron chi connectivity index (χ1n) is 6.06. The van der Waals surface area contributed by atoms with Crippen LogP contribution < -0.4 is 0 Å². The molecule has 3 rings (SSSR count). The number of hydrogen-bond acceptors (Lipinski definition) is 3. The Bertz CT molecular complexity index is 657. The zero-order chi connectivity index (χ0) is 13.1. The Labute approximate surface area is 110 Å². The van der Waals surface area contributed by atoms with Crippen molar-refractivity contribution in [3.05, 3.63) is 66.5 Å². The summed E-state index contributed by atoms with van der Waals surface area (Å²) in [7, 11) is 0. The van der Waals surface area contributed by atoms with Gasteiger partial charge in [0.05, 0.1) is 18.4 Å². The number of hydrogen-bond donors (Lipinski definition) is 1. The minimum Gasteiger partial charge on any atom is -0.388 e. The molecule has 1 aromatic carbocycles. The van der Waals surface area contributed by atoms with Crippen LogP contribution in [-0.2, 0) is 13.2 Å². The predicted molar refractivity (Wildman–Crippen MR) is 70.8 cm³/mol. The van der Waals surface area contributed by atoms with Gasteiger partial charge in [0.15, 0.2) is 0 Å². The molecule has 0 aliphatic carbocycles. The highest BCUT2D eigenvalue weighted by Gasteiger charge is 2.05. The van der Waals surface area contributed by atoms with Gasteiger partial charge in [0.1, 0.15) is 12.4 Å². The first-order chi connectivity index (χ1) is 9.36. The van der Waals surface area contributed by atoms with Crippen molar-refractivity contribution in [1.82, 2.24) is 19.3 Å². The number of aliphatic hydroxyl groups excluding tert-OH is 1. The van der Waals surface area contributed by atoms with E-state index in [4.69, 9.17) is 5.11 Å². The van der Waals surface area contributed by atoms with Crippen LogP contribution in [0.25, 0.3) is 5.69 Å². The van der Waals surface area contributed by atoms with Crippen LogP contribution >= 0.6 is 0 Å². The van der Waals surface area contributed by atoms with Crippen molar-refractivity contribution in [2.75, 3.05) is 0 Å². The summed E-state index contributed by atoms with van der Waals surface area (Å²) in [5.74, 6) is 0.660. The van der Waals surface area contributed by atoms with Crippen LogP contribution in [0.4, 0.5) is 0 Å². The largest absolute Gasteiger partial charge is 0.388 e. The van der Waals surface area contributed by atoms with Gasteiger partial charge < -0.3 is 9.67 Å². The van der Waals surface area contributed by atoms with E-state index in [1.54, 1.807) is 6.20 Å². The molecule has 0 aliphatic heterocycles. The quantitative estimate of drug-likeness (QED) is 0.769. The van der Waals surface area contributed by atoms with Crippen LogP contribution in [0, 0.1) is 0 Å². The van der Waals surface area contributed by atoms with Crippen molar-refractivity contribution in [3.63, 3.8) is 0 Å². The number of aromatic nitrogens is 4. The molecule has 0 radical (unpaired) electrons. The maximum Gasteiger partial charge on any atom is 0.134 e. The Morgan fingerprint density at radius 2 is 2.00 bits per heavy atom. The standard InChI is InChI=1S/C14H14N4O/c19-11-14-15-6-7-17(14)9-12-8-16-18(10-12)13-4-2-1-3-5-13/h1-8,10,19H,9,11H2. The van der Waals surface area contributed by atoms with Gasteiger partial charge in [-0.2, -0.15) is 5.10 Å². The molecule has 0 saturated heterocycles. The Morgan fingerprint density at radius 3 is 2.79 bits per heavy atom. The van der Waals surface area contributed by atoms with Gasteiger partial charge in [-0.3, -0.25) is 0 Å². The third-order valence-electron chi connectivity index (χ3n) is 2.95. The molecule has 0 spiro atoms. The van der Waals surface area contributed by atoms with Gasteiger partial charge in [0.2, 0.25) is 0 Å². The molecule has 0 amide bonds. The van der Waals surface area contributed by atoms with E-state index in [0.717, 1.165) is 11.3 Å². The molecule has 2 heterocycles. The average molecular weight is 254 g/mol. The van der Waals surface area contributed by atoms with Gasteiger partial charge in [-0.15, -0.1) is 0 Å². The summed E-state index contributed by atoms with van der Waals surface area (Å²) in [5, 5.41) is 13.5. The van der Waals surface area contributed by atoms with Crippen LogP contribution in [0.1, 0.15) is 11.4 Å². The van der Waals surface area contributed by atoms with Crippen LogP contribution in [-0.4, -0.2) is 24.4 Å². The fourth-order valence-corrected chi connectivity index (χ4v) is 2.00. The topological polar surface area (TPSA) is 55.9 Å².